The first-order valence-corrected chi connectivity index (χ1v) is 5.52. The van der Waals surface area contributed by atoms with Gasteiger partial charge in [0.1, 0.15) is 5.54 Å². The summed E-state index contributed by atoms with van der Waals surface area (Å²) in [6, 6.07) is 0. The third-order valence-corrected chi connectivity index (χ3v) is 2.74. The maximum Gasteiger partial charge on any atom is 0.303 e. The van der Waals surface area contributed by atoms with E-state index in [0.717, 1.165) is 12.8 Å². The number of hydrogen-bond donors (Lipinski definition) is 2. The number of aliphatic carboxylic acids is 1. The van der Waals surface area contributed by atoms with E-state index in [-0.39, 0.29) is 12.8 Å². The number of nitrogens with zero attached hydrogens (tertiary/aromatic N) is 2. The largest absolute Gasteiger partial charge is 0.481 e. The molecule has 1 saturated heterocycles. The predicted octanol–water partition coefficient (Wildman–Crippen LogP) is 0.0512. The Morgan fingerprint density at radius 3 is 3.06 bits per heavy atom. The summed E-state index contributed by atoms with van der Waals surface area (Å²) in [6.07, 6.45) is 1.79. The van der Waals surface area contributed by atoms with Crippen molar-refractivity contribution in [2.75, 3.05) is 13.2 Å². The molecule has 7 nitrogen and oxygen atoms in total. The standard InChI is InChI=1S/C10H15N3O4/c11-10(4-1-5-16-6-10)9-12-7(17-13-9)2-3-8(14)15/h1-6,11H2,(H,14,15). The Bertz CT molecular complexity index is 398. The Kier molecular flexibility index (Phi) is 3.39. The lowest BCUT2D eigenvalue weighted by Crippen LogP contribution is -2.45. The Balaban J connectivity index is 2.03. The third kappa shape index (κ3) is 2.80. The highest BCUT2D eigenvalue weighted by Crippen LogP contribution is 2.25. The van der Waals surface area contributed by atoms with Crippen molar-refractivity contribution in [1.82, 2.24) is 10.1 Å². The molecule has 0 saturated carbocycles. The van der Waals surface area contributed by atoms with Gasteiger partial charge in [-0.1, -0.05) is 5.16 Å². The summed E-state index contributed by atoms with van der Waals surface area (Å²) >= 11 is 0. The topological polar surface area (TPSA) is 111 Å². The fourth-order valence-corrected chi connectivity index (χ4v) is 1.77. The highest BCUT2D eigenvalue weighted by molar-refractivity contribution is 5.66. The molecule has 2 rings (SSSR count). The average Bonchev–Trinajstić information content (AvgIpc) is 2.76. The van der Waals surface area contributed by atoms with Crippen LogP contribution in [0.1, 0.15) is 31.0 Å². The van der Waals surface area contributed by atoms with E-state index < -0.39 is 11.5 Å². The summed E-state index contributed by atoms with van der Waals surface area (Å²) in [7, 11) is 0. The third-order valence-electron chi connectivity index (χ3n) is 2.74. The van der Waals surface area contributed by atoms with Crippen LogP contribution in [0.5, 0.6) is 0 Å². The fourth-order valence-electron chi connectivity index (χ4n) is 1.77. The molecule has 1 fully saturated rings. The van der Waals surface area contributed by atoms with Crippen molar-refractivity contribution in [1.29, 1.82) is 0 Å². The molecule has 0 aromatic carbocycles. The average molecular weight is 241 g/mol. The molecule has 3 N–H and O–H groups in total. The zero-order valence-corrected chi connectivity index (χ0v) is 9.39. The molecule has 0 bridgehead atoms. The quantitative estimate of drug-likeness (QED) is 0.766. The van der Waals surface area contributed by atoms with Gasteiger partial charge >= 0.3 is 5.97 Å². The molecule has 94 valence electrons. The van der Waals surface area contributed by atoms with Crippen molar-refractivity contribution in [2.45, 2.75) is 31.2 Å². The highest BCUT2D eigenvalue weighted by Gasteiger charge is 2.35. The number of carboxylic acid groups (broad SMARTS) is 1. The van der Waals surface area contributed by atoms with Crippen molar-refractivity contribution in [3.05, 3.63) is 11.7 Å². The van der Waals surface area contributed by atoms with Crippen LogP contribution in [-0.2, 0) is 21.5 Å². The smallest absolute Gasteiger partial charge is 0.303 e. The number of ether oxygens (including phenoxy) is 1. The molecule has 1 aromatic heterocycles. The monoisotopic (exact) mass is 241 g/mol. The number of aryl methyl sites for hydroxylation is 1. The SMILES string of the molecule is NC1(c2noc(CCC(=O)O)n2)CCCOC1. The van der Waals surface area contributed by atoms with Gasteiger partial charge in [0.2, 0.25) is 5.89 Å². The second-order valence-electron chi connectivity index (χ2n) is 4.22. The number of aromatic nitrogens is 2. The van der Waals surface area contributed by atoms with Crippen LogP contribution in [-0.4, -0.2) is 34.4 Å². The lowest BCUT2D eigenvalue weighted by atomic mass is 9.93. The summed E-state index contributed by atoms with van der Waals surface area (Å²) in [4.78, 5) is 14.5. The molecule has 1 unspecified atom stereocenters. The first kappa shape index (κ1) is 12.0. The number of nitrogens with two attached hydrogens (primary N) is 1. The van der Waals surface area contributed by atoms with Gasteiger partial charge in [0, 0.05) is 13.0 Å². The molecular formula is C10H15N3O4. The highest BCUT2D eigenvalue weighted by atomic mass is 16.5. The summed E-state index contributed by atoms with van der Waals surface area (Å²) in [5, 5.41) is 12.4. The molecule has 1 aromatic rings. The molecule has 17 heavy (non-hydrogen) atoms. The van der Waals surface area contributed by atoms with Crippen LogP contribution in [0, 0.1) is 0 Å². The zero-order chi connectivity index (χ0) is 12.3. The lowest BCUT2D eigenvalue weighted by molar-refractivity contribution is -0.137. The van der Waals surface area contributed by atoms with Crippen LogP contribution in [0.25, 0.3) is 0 Å². The lowest BCUT2D eigenvalue weighted by Gasteiger charge is -2.29. The maximum atomic E-state index is 10.4. The Morgan fingerprint density at radius 1 is 1.59 bits per heavy atom. The van der Waals surface area contributed by atoms with E-state index in [9.17, 15) is 4.79 Å². The molecule has 0 amide bonds. The van der Waals surface area contributed by atoms with E-state index in [0.29, 0.717) is 24.9 Å². The van der Waals surface area contributed by atoms with Crippen molar-refractivity contribution >= 4 is 5.97 Å². The van der Waals surface area contributed by atoms with Crippen LogP contribution >= 0.6 is 0 Å². The second-order valence-corrected chi connectivity index (χ2v) is 4.22. The Labute approximate surface area is 97.9 Å². The molecule has 1 aliphatic rings. The van der Waals surface area contributed by atoms with Crippen molar-refractivity contribution in [3.8, 4) is 0 Å². The fraction of sp³-hybridized carbons (Fsp3) is 0.700. The zero-order valence-electron chi connectivity index (χ0n) is 9.39. The van der Waals surface area contributed by atoms with Crippen molar-refractivity contribution in [2.24, 2.45) is 5.73 Å². The molecule has 1 aliphatic heterocycles. The van der Waals surface area contributed by atoms with Crippen LogP contribution in [0.3, 0.4) is 0 Å². The molecule has 0 spiro atoms. The van der Waals surface area contributed by atoms with Crippen molar-refractivity contribution < 1.29 is 19.2 Å². The summed E-state index contributed by atoms with van der Waals surface area (Å²) in [5.74, 6) is -0.191. The van der Waals surface area contributed by atoms with E-state index in [1.807, 2.05) is 0 Å². The summed E-state index contributed by atoms with van der Waals surface area (Å²) in [6.45, 7) is 1.06. The minimum atomic E-state index is -0.895. The molecule has 7 heteroatoms. The van der Waals surface area contributed by atoms with Crippen LogP contribution < -0.4 is 5.73 Å². The Hall–Kier alpha value is -1.47. The molecule has 0 radical (unpaired) electrons. The molecular weight excluding hydrogens is 226 g/mol. The van der Waals surface area contributed by atoms with Gasteiger partial charge in [-0.25, -0.2) is 0 Å². The molecule has 1 atom stereocenters. The maximum absolute atomic E-state index is 10.4. The first-order chi connectivity index (χ1) is 8.10. The van der Waals surface area contributed by atoms with E-state index in [4.69, 9.17) is 20.1 Å². The van der Waals surface area contributed by atoms with Gasteiger partial charge in [-0.3, -0.25) is 4.79 Å². The van der Waals surface area contributed by atoms with Gasteiger partial charge in [-0.05, 0) is 12.8 Å². The number of rotatable bonds is 4. The van der Waals surface area contributed by atoms with Crippen LogP contribution in [0.2, 0.25) is 0 Å². The van der Waals surface area contributed by atoms with Gasteiger partial charge in [-0.15, -0.1) is 0 Å². The first-order valence-electron chi connectivity index (χ1n) is 5.52. The molecule has 0 aliphatic carbocycles. The summed E-state index contributed by atoms with van der Waals surface area (Å²) in [5.41, 5.74) is 5.42. The van der Waals surface area contributed by atoms with E-state index in [1.54, 1.807) is 0 Å². The van der Waals surface area contributed by atoms with E-state index >= 15 is 0 Å². The molecule has 2 heterocycles. The van der Waals surface area contributed by atoms with Gasteiger partial charge in [0.15, 0.2) is 5.82 Å². The second kappa shape index (κ2) is 4.80. The minimum Gasteiger partial charge on any atom is -0.481 e. The number of carboxylic acids is 1. The number of carbonyl (C=O) groups is 1. The predicted molar refractivity (Wildman–Crippen MR) is 56.2 cm³/mol. The normalized spacial score (nSPS) is 24.8. The van der Waals surface area contributed by atoms with Gasteiger partial charge in [0.25, 0.3) is 0 Å². The number of hydrogen-bond acceptors (Lipinski definition) is 6. The Morgan fingerprint density at radius 2 is 2.41 bits per heavy atom. The van der Waals surface area contributed by atoms with Gasteiger partial charge in [0.05, 0.1) is 13.0 Å². The van der Waals surface area contributed by atoms with Gasteiger partial charge < -0.3 is 20.1 Å². The summed E-state index contributed by atoms with van der Waals surface area (Å²) < 4.78 is 10.3. The van der Waals surface area contributed by atoms with Crippen LogP contribution in [0.15, 0.2) is 4.52 Å². The van der Waals surface area contributed by atoms with E-state index in [2.05, 4.69) is 10.1 Å². The minimum absolute atomic E-state index is 0.0320. The van der Waals surface area contributed by atoms with Crippen molar-refractivity contribution in [3.63, 3.8) is 0 Å². The van der Waals surface area contributed by atoms with Gasteiger partial charge in [-0.2, -0.15) is 4.98 Å². The van der Waals surface area contributed by atoms with E-state index in [1.165, 1.54) is 0 Å². The van der Waals surface area contributed by atoms with Crippen LogP contribution in [0.4, 0.5) is 0 Å².